The number of piperidine rings is 1. The lowest BCUT2D eigenvalue weighted by molar-refractivity contribution is -0.132. The van der Waals surface area contributed by atoms with Crippen molar-refractivity contribution in [3.63, 3.8) is 0 Å². The van der Waals surface area contributed by atoms with E-state index >= 15 is 0 Å². The molecule has 1 aromatic heterocycles. The third-order valence-corrected chi connectivity index (χ3v) is 5.83. The molecule has 2 aromatic rings. The Kier molecular flexibility index (Phi) is 5.94. The van der Waals surface area contributed by atoms with Crippen LogP contribution in [0.4, 0.5) is 0 Å². The number of nitrogens with zero attached hydrogens (tertiary/aromatic N) is 3. The standard InChI is InChI=1S/C20H27N3OS/c1-4-15-9-7-8-12-23(15)18(24)13-25-20-16-10-5-6-11-17(16)21-19(22-20)14(2)3/h5-6,10-11,14-15H,4,7-9,12-13H2,1-3H3. The predicted molar refractivity (Wildman–Crippen MR) is 104 cm³/mol. The first-order valence-corrected chi connectivity index (χ1v) is 10.3. The number of hydrogen-bond acceptors (Lipinski definition) is 4. The molecule has 134 valence electrons. The van der Waals surface area contributed by atoms with Crippen LogP contribution in [-0.2, 0) is 4.79 Å². The fourth-order valence-electron chi connectivity index (χ4n) is 3.40. The molecule has 1 aliphatic heterocycles. The molecule has 0 aliphatic carbocycles. The highest BCUT2D eigenvalue weighted by Gasteiger charge is 2.25. The Hall–Kier alpha value is -1.62. The molecule has 0 bridgehead atoms. The van der Waals surface area contributed by atoms with Gasteiger partial charge >= 0.3 is 0 Å². The van der Waals surface area contributed by atoms with Gasteiger partial charge in [-0.1, -0.05) is 50.7 Å². The van der Waals surface area contributed by atoms with Gasteiger partial charge in [-0.15, -0.1) is 0 Å². The minimum absolute atomic E-state index is 0.241. The Balaban J connectivity index is 1.79. The Labute approximate surface area is 154 Å². The van der Waals surface area contributed by atoms with E-state index in [4.69, 9.17) is 4.98 Å². The minimum atomic E-state index is 0.241. The van der Waals surface area contributed by atoms with E-state index in [0.717, 1.165) is 47.6 Å². The first-order chi connectivity index (χ1) is 12.1. The maximum Gasteiger partial charge on any atom is 0.233 e. The molecule has 2 heterocycles. The number of rotatable bonds is 5. The van der Waals surface area contributed by atoms with Crippen molar-refractivity contribution in [3.8, 4) is 0 Å². The molecule has 0 radical (unpaired) electrons. The summed E-state index contributed by atoms with van der Waals surface area (Å²) in [5.41, 5.74) is 0.959. The van der Waals surface area contributed by atoms with Crippen LogP contribution in [0.1, 0.15) is 58.2 Å². The van der Waals surface area contributed by atoms with Crippen molar-refractivity contribution in [1.29, 1.82) is 0 Å². The molecule has 1 aliphatic rings. The van der Waals surface area contributed by atoms with Crippen LogP contribution < -0.4 is 0 Å². The molecule has 1 aromatic carbocycles. The number of benzene rings is 1. The second-order valence-electron chi connectivity index (χ2n) is 6.99. The molecule has 4 nitrogen and oxygen atoms in total. The largest absolute Gasteiger partial charge is 0.339 e. The summed E-state index contributed by atoms with van der Waals surface area (Å²) in [4.78, 5) is 24.2. The summed E-state index contributed by atoms with van der Waals surface area (Å²) in [7, 11) is 0. The lowest BCUT2D eigenvalue weighted by Gasteiger charge is -2.35. The lowest BCUT2D eigenvalue weighted by atomic mass is 10.0. The topological polar surface area (TPSA) is 46.1 Å². The van der Waals surface area contributed by atoms with Crippen molar-refractivity contribution in [2.45, 2.75) is 63.4 Å². The van der Waals surface area contributed by atoms with Gasteiger partial charge in [-0.05, 0) is 31.7 Å². The van der Waals surface area contributed by atoms with Gasteiger partial charge < -0.3 is 4.90 Å². The summed E-state index contributed by atoms with van der Waals surface area (Å²) >= 11 is 1.55. The number of para-hydroxylation sites is 1. The highest BCUT2D eigenvalue weighted by atomic mass is 32.2. The van der Waals surface area contributed by atoms with Crippen LogP contribution in [0.3, 0.4) is 0 Å². The van der Waals surface area contributed by atoms with Gasteiger partial charge in [-0.25, -0.2) is 9.97 Å². The highest BCUT2D eigenvalue weighted by molar-refractivity contribution is 8.00. The number of carbonyl (C=O) groups excluding carboxylic acids is 1. The summed E-state index contributed by atoms with van der Waals surface area (Å²) in [5.74, 6) is 1.81. The Morgan fingerprint density at radius 2 is 2.08 bits per heavy atom. The van der Waals surface area contributed by atoms with Gasteiger partial charge in [-0.3, -0.25) is 4.79 Å². The lowest BCUT2D eigenvalue weighted by Crippen LogP contribution is -2.44. The summed E-state index contributed by atoms with van der Waals surface area (Å²) < 4.78 is 0. The highest BCUT2D eigenvalue weighted by Crippen LogP contribution is 2.28. The smallest absolute Gasteiger partial charge is 0.233 e. The van der Waals surface area contributed by atoms with E-state index in [1.807, 2.05) is 24.3 Å². The van der Waals surface area contributed by atoms with Gasteiger partial charge in [0.25, 0.3) is 0 Å². The zero-order chi connectivity index (χ0) is 17.8. The van der Waals surface area contributed by atoms with E-state index in [9.17, 15) is 4.79 Å². The van der Waals surface area contributed by atoms with Crippen molar-refractivity contribution in [1.82, 2.24) is 14.9 Å². The molecule has 1 atom stereocenters. The number of carbonyl (C=O) groups is 1. The second kappa shape index (κ2) is 8.17. The molecule has 25 heavy (non-hydrogen) atoms. The molecule has 5 heteroatoms. The molecule has 0 N–H and O–H groups in total. The molecule has 1 saturated heterocycles. The Morgan fingerprint density at radius 3 is 2.84 bits per heavy atom. The van der Waals surface area contributed by atoms with E-state index in [0.29, 0.717) is 11.8 Å². The number of amides is 1. The van der Waals surface area contributed by atoms with Crippen LogP contribution in [0.25, 0.3) is 10.9 Å². The van der Waals surface area contributed by atoms with E-state index in [1.54, 1.807) is 11.8 Å². The minimum Gasteiger partial charge on any atom is -0.339 e. The maximum absolute atomic E-state index is 12.8. The number of hydrogen-bond donors (Lipinski definition) is 0. The Bertz CT molecular complexity index is 747. The van der Waals surface area contributed by atoms with Gasteiger partial charge in [-0.2, -0.15) is 0 Å². The van der Waals surface area contributed by atoms with Crippen LogP contribution in [0.2, 0.25) is 0 Å². The van der Waals surface area contributed by atoms with Crippen molar-refractivity contribution in [2.24, 2.45) is 0 Å². The fraction of sp³-hybridized carbons (Fsp3) is 0.550. The van der Waals surface area contributed by atoms with E-state index < -0.39 is 0 Å². The van der Waals surface area contributed by atoms with Crippen LogP contribution in [0.5, 0.6) is 0 Å². The first kappa shape index (κ1) is 18.2. The van der Waals surface area contributed by atoms with Crippen LogP contribution in [0, 0.1) is 0 Å². The monoisotopic (exact) mass is 357 g/mol. The quantitative estimate of drug-likeness (QED) is 0.578. The maximum atomic E-state index is 12.8. The summed E-state index contributed by atoms with van der Waals surface area (Å²) in [6, 6.07) is 8.48. The van der Waals surface area contributed by atoms with Crippen molar-refractivity contribution < 1.29 is 4.79 Å². The van der Waals surface area contributed by atoms with Crippen LogP contribution in [0.15, 0.2) is 29.3 Å². The molecule has 0 spiro atoms. The zero-order valence-electron chi connectivity index (χ0n) is 15.4. The van der Waals surface area contributed by atoms with Gasteiger partial charge in [0, 0.05) is 23.9 Å². The van der Waals surface area contributed by atoms with Gasteiger partial charge in [0.15, 0.2) is 0 Å². The summed E-state index contributed by atoms with van der Waals surface area (Å²) in [5, 5.41) is 1.96. The first-order valence-electron chi connectivity index (χ1n) is 9.29. The van der Waals surface area contributed by atoms with Gasteiger partial charge in [0.1, 0.15) is 10.9 Å². The van der Waals surface area contributed by atoms with Crippen molar-refractivity contribution >= 4 is 28.6 Å². The molecule has 1 amide bonds. The molecular formula is C20H27N3OS. The van der Waals surface area contributed by atoms with Crippen molar-refractivity contribution in [3.05, 3.63) is 30.1 Å². The van der Waals surface area contributed by atoms with Gasteiger partial charge in [0.2, 0.25) is 5.91 Å². The fourth-order valence-corrected chi connectivity index (χ4v) is 4.31. The molecule has 1 unspecified atom stereocenters. The third kappa shape index (κ3) is 4.14. The predicted octanol–water partition coefficient (Wildman–Crippen LogP) is 4.64. The summed E-state index contributed by atoms with van der Waals surface area (Å²) in [6.07, 6.45) is 4.55. The van der Waals surface area contributed by atoms with E-state index in [1.165, 1.54) is 6.42 Å². The second-order valence-corrected chi connectivity index (χ2v) is 7.96. The third-order valence-electron chi connectivity index (χ3n) is 4.85. The molecule has 0 saturated carbocycles. The van der Waals surface area contributed by atoms with Gasteiger partial charge in [0.05, 0.1) is 11.3 Å². The molecule has 1 fully saturated rings. The number of fused-ring (bicyclic) bond motifs is 1. The van der Waals surface area contributed by atoms with Crippen molar-refractivity contribution in [2.75, 3.05) is 12.3 Å². The molecular weight excluding hydrogens is 330 g/mol. The number of aromatic nitrogens is 2. The zero-order valence-corrected chi connectivity index (χ0v) is 16.2. The van der Waals surface area contributed by atoms with Crippen LogP contribution >= 0.6 is 11.8 Å². The molecule has 3 rings (SSSR count). The SMILES string of the molecule is CCC1CCCCN1C(=O)CSc1nc(C(C)C)nc2ccccc12. The summed E-state index contributed by atoms with van der Waals surface area (Å²) in [6.45, 7) is 7.28. The number of likely N-dealkylation sites (tertiary alicyclic amines) is 1. The average molecular weight is 358 g/mol. The number of thioether (sulfide) groups is 1. The average Bonchev–Trinajstić information content (AvgIpc) is 2.65. The normalized spacial score (nSPS) is 18.1. The Morgan fingerprint density at radius 1 is 1.28 bits per heavy atom. The van der Waals surface area contributed by atoms with Crippen LogP contribution in [-0.4, -0.2) is 39.1 Å². The van der Waals surface area contributed by atoms with E-state index in [2.05, 4.69) is 30.7 Å². The van der Waals surface area contributed by atoms with E-state index in [-0.39, 0.29) is 11.8 Å².